The van der Waals surface area contributed by atoms with Crippen LogP contribution in [0.25, 0.3) is 0 Å². The van der Waals surface area contributed by atoms with E-state index in [2.05, 4.69) is 33.7 Å². The third kappa shape index (κ3) is 7.19. The lowest BCUT2D eigenvalue weighted by Crippen LogP contribution is -2.02. The lowest BCUT2D eigenvalue weighted by molar-refractivity contribution is 0.957. The van der Waals surface area contributed by atoms with E-state index in [-0.39, 0.29) is 5.92 Å². The first kappa shape index (κ1) is 19.3. The second-order valence-corrected chi connectivity index (χ2v) is 6.77. The zero-order valence-electron chi connectivity index (χ0n) is 14.4. The first-order valence-electron chi connectivity index (χ1n) is 8.07. The summed E-state index contributed by atoms with van der Waals surface area (Å²) in [4.78, 5) is 5.17. The number of allylic oxidation sites excluding steroid dienone is 4. The Morgan fingerprint density at radius 3 is 2.64 bits per heavy atom. The van der Waals surface area contributed by atoms with E-state index in [4.69, 9.17) is 11.6 Å². The van der Waals surface area contributed by atoms with Crippen LogP contribution in [0.1, 0.15) is 25.0 Å². The monoisotopic (exact) mass is 368 g/mol. The molecule has 2 rings (SSSR count). The number of rotatable bonds is 6. The maximum atomic E-state index is 6.20. The maximum Gasteiger partial charge on any atom is 0.0535 e. The predicted octanol–water partition coefficient (Wildman–Crippen LogP) is 5.56. The molecule has 0 aliphatic carbocycles. The second-order valence-electron chi connectivity index (χ2n) is 5.37. The van der Waals surface area contributed by atoms with Gasteiger partial charge in [0.05, 0.1) is 5.92 Å². The minimum atomic E-state index is 0.0222. The van der Waals surface area contributed by atoms with Crippen LogP contribution >= 0.6 is 23.5 Å². The largest absolute Gasteiger partial charge is 0.265 e. The van der Waals surface area contributed by atoms with Crippen LogP contribution in [0, 0.1) is 17.8 Å². The summed E-state index contributed by atoms with van der Waals surface area (Å²) < 4.78 is 3.34. The quantitative estimate of drug-likeness (QED) is 0.410. The molecule has 0 aliphatic rings. The van der Waals surface area contributed by atoms with Crippen molar-refractivity contribution >= 4 is 23.5 Å². The van der Waals surface area contributed by atoms with Gasteiger partial charge in [-0.2, -0.15) is 0 Å². The highest BCUT2D eigenvalue weighted by Crippen LogP contribution is 2.17. The van der Waals surface area contributed by atoms with Gasteiger partial charge in [0.25, 0.3) is 0 Å². The summed E-state index contributed by atoms with van der Waals surface area (Å²) in [7, 11) is 0. The van der Waals surface area contributed by atoms with Gasteiger partial charge in [-0.1, -0.05) is 35.6 Å². The molecule has 1 atom stereocenters. The van der Waals surface area contributed by atoms with Crippen molar-refractivity contribution in [2.24, 2.45) is 5.92 Å². The lowest BCUT2D eigenvalue weighted by atomic mass is 10.1. The van der Waals surface area contributed by atoms with Gasteiger partial charge in [-0.25, -0.2) is 0 Å². The number of aromatic nitrogens is 1. The van der Waals surface area contributed by atoms with Crippen molar-refractivity contribution in [2.45, 2.75) is 25.3 Å². The normalized spacial score (nSPS) is 12.7. The van der Waals surface area contributed by atoms with Gasteiger partial charge >= 0.3 is 0 Å². The molecule has 25 heavy (non-hydrogen) atoms. The molecule has 0 amide bonds. The van der Waals surface area contributed by atoms with Crippen LogP contribution in [0.15, 0.2) is 76.9 Å². The van der Waals surface area contributed by atoms with E-state index in [1.807, 2.05) is 56.3 Å². The summed E-state index contributed by atoms with van der Waals surface area (Å²) in [5.74, 6) is 6.38. The highest BCUT2D eigenvalue weighted by Gasteiger charge is 2.00. The molecule has 0 saturated carbocycles. The molecule has 128 valence electrons. The number of hydrogen-bond acceptors (Lipinski definition) is 3. The Balaban J connectivity index is 1.86. The van der Waals surface area contributed by atoms with Crippen LogP contribution in [-0.4, -0.2) is 4.98 Å². The third-order valence-electron chi connectivity index (χ3n) is 3.36. The first-order valence-corrected chi connectivity index (χ1v) is 9.27. The van der Waals surface area contributed by atoms with Crippen molar-refractivity contribution in [1.82, 2.24) is 9.71 Å². The summed E-state index contributed by atoms with van der Waals surface area (Å²) in [5, 5.41) is 0.748. The lowest BCUT2D eigenvalue weighted by Gasteiger charge is -2.04. The van der Waals surface area contributed by atoms with E-state index in [0.29, 0.717) is 0 Å². The van der Waals surface area contributed by atoms with E-state index in [9.17, 15) is 0 Å². The molecule has 1 heterocycles. The van der Waals surface area contributed by atoms with Crippen molar-refractivity contribution in [1.29, 1.82) is 0 Å². The number of pyridine rings is 1. The van der Waals surface area contributed by atoms with E-state index in [0.717, 1.165) is 22.0 Å². The smallest absolute Gasteiger partial charge is 0.0535 e. The zero-order chi connectivity index (χ0) is 17.9. The Morgan fingerprint density at radius 1 is 1.24 bits per heavy atom. The number of halogens is 1. The average Bonchev–Trinajstić information content (AvgIpc) is 2.66. The van der Waals surface area contributed by atoms with Crippen molar-refractivity contribution in [3.63, 3.8) is 0 Å². The average molecular weight is 369 g/mol. The molecule has 0 bridgehead atoms. The van der Waals surface area contributed by atoms with E-state index in [1.54, 1.807) is 24.3 Å². The van der Waals surface area contributed by atoms with Crippen molar-refractivity contribution in [3.05, 3.63) is 83.2 Å². The molecule has 1 aromatic heterocycles. The van der Waals surface area contributed by atoms with Crippen molar-refractivity contribution in [3.8, 4) is 11.8 Å². The highest BCUT2D eigenvalue weighted by molar-refractivity contribution is 7.97. The van der Waals surface area contributed by atoms with Crippen LogP contribution in [0.5, 0.6) is 0 Å². The van der Waals surface area contributed by atoms with E-state index in [1.165, 1.54) is 5.56 Å². The Morgan fingerprint density at radius 2 is 1.96 bits per heavy atom. The Labute approximate surface area is 159 Å². The Hall–Kier alpha value is -1.99. The standard InChI is InChI=1S/C21H21ClN2S/c1-3-4-5-21(22)17(2)6-7-18-8-10-20(11-9-18)25-24-16-19-12-14-23-15-13-19/h3-5,8-15,17,24H,16H2,1-2H3/b4-3-,21-5+. The number of nitrogens with one attached hydrogen (secondary N) is 1. The first-order chi connectivity index (χ1) is 12.2. The molecular formula is C21H21ClN2S. The molecule has 0 spiro atoms. The fraction of sp³-hybridized carbons (Fsp3) is 0.190. The molecule has 2 aromatic rings. The Bertz CT molecular complexity index is 771. The molecule has 4 heteroatoms. The molecule has 0 fully saturated rings. The molecule has 0 aliphatic heterocycles. The van der Waals surface area contributed by atoms with Crippen LogP contribution in [-0.2, 0) is 6.54 Å². The summed E-state index contributed by atoms with van der Waals surface area (Å²) in [6.07, 6.45) is 9.36. The summed E-state index contributed by atoms with van der Waals surface area (Å²) in [5.41, 5.74) is 2.20. The van der Waals surface area contributed by atoms with Crippen LogP contribution < -0.4 is 4.72 Å². The summed E-state index contributed by atoms with van der Waals surface area (Å²) in [6.45, 7) is 4.76. The van der Waals surface area contributed by atoms with Gasteiger partial charge in [-0.15, -0.1) is 0 Å². The summed E-state index contributed by atoms with van der Waals surface area (Å²) in [6, 6.07) is 12.2. The van der Waals surface area contributed by atoms with Gasteiger partial charge in [0.15, 0.2) is 0 Å². The highest BCUT2D eigenvalue weighted by atomic mass is 35.5. The van der Waals surface area contributed by atoms with E-state index >= 15 is 0 Å². The molecule has 1 N–H and O–H groups in total. The van der Waals surface area contributed by atoms with Gasteiger partial charge in [0.1, 0.15) is 0 Å². The van der Waals surface area contributed by atoms with E-state index < -0.39 is 0 Å². The maximum absolute atomic E-state index is 6.20. The molecule has 1 unspecified atom stereocenters. The zero-order valence-corrected chi connectivity index (χ0v) is 15.9. The van der Waals surface area contributed by atoms with Crippen molar-refractivity contribution in [2.75, 3.05) is 0 Å². The fourth-order valence-corrected chi connectivity index (χ4v) is 2.71. The molecular weight excluding hydrogens is 348 g/mol. The third-order valence-corrected chi connectivity index (χ3v) is 4.61. The number of benzene rings is 1. The molecule has 1 aromatic carbocycles. The number of hydrogen-bond donors (Lipinski definition) is 1. The minimum Gasteiger partial charge on any atom is -0.265 e. The summed E-state index contributed by atoms with van der Waals surface area (Å²) >= 11 is 7.81. The van der Waals surface area contributed by atoms with Gasteiger partial charge in [-0.05, 0) is 73.8 Å². The van der Waals surface area contributed by atoms with Crippen LogP contribution in [0.4, 0.5) is 0 Å². The molecule has 0 radical (unpaired) electrons. The second kappa shape index (κ2) is 10.8. The van der Waals surface area contributed by atoms with Crippen molar-refractivity contribution < 1.29 is 0 Å². The number of nitrogens with zero attached hydrogens (tertiary/aromatic N) is 1. The van der Waals surface area contributed by atoms with Crippen LogP contribution in [0.3, 0.4) is 0 Å². The van der Waals surface area contributed by atoms with Gasteiger partial charge in [0, 0.05) is 34.4 Å². The fourth-order valence-electron chi connectivity index (χ4n) is 1.90. The van der Waals surface area contributed by atoms with Gasteiger partial charge in [0.2, 0.25) is 0 Å². The van der Waals surface area contributed by atoms with Crippen LogP contribution in [0.2, 0.25) is 0 Å². The molecule has 2 nitrogen and oxygen atoms in total. The SMILES string of the molecule is C/C=C\C=C(\Cl)C(C)C#Cc1ccc(SNCc2ccncc2)cc1. The minimum absolute atomic E-state index is 0.0222. The van der Waals surface area contributed by atoms with Gasteiger partial charge < -0.3 is 0 Å². The molecule has 0 saturated heterocycles. The predicted molar refractivity (Wildman–Crippen MR) is 108 cm³/mol. The van der Waals surface area contributed by atoms with Gasteiger partial charge in [-0.3, -0.25) is 9.71 Å². The topological polar surface area (TPSA) is 24.9 Å². The Kier molecular flexibility index (Phi) is 8.34.